The Morgan fingerprint density at radius 2 is 1.81 bits per heavy atom. The van der Waals surface area contributed by atoms with Gasteiger partial charge >= 0.3 is 13.4 Å². The number of halogens is 1. The van der Waals surface area contributed by atoms with Crippen LogP contribution in [0, 0.1) is 0 Å². The maximum atomic E-state index is 15.6. The Labute approximate surface area is 257 Å². The van der Waals surface area contributed by atoms with Crippen LogP contribution in [0.15, 0.2) is 81.3 Å². The lowest BCUT2D eigenvalue weighted by molar-refractivity contribution is -0.0598. The minimum Gasteiger partial charge on any atom is -0.387 e. The lowest BCUT2D eigenvalue weighted by Crippen LogP contribution is -2.43. The molecule has 2 aromatic carbocycles. The molecule has 0 amide bonds. The minimum atomic E-state index is -4.00. The zero-order valence-corrected chi connectivity index (χ0v) is 26.9. The maximum Gasteiger partial charge on any atom is 0.405 e. The molecule has 0 aliphatic carbocycles. The summed E-state index contributed by atoms with van der Waals surface area (Å²) in [5.74, 6) is 0. The number of aromatic nitrogens is 2. The van der Waals surface area contributed by atoms with Gasteiger partial charge in [-0.05, 0) is 30.5 Å². The summed E-state index contributed by atoms with van der Waals surface area (Å²) in [6, 6.07) is 18.2. The molecule has 5 atom stereocenters. The fourth-order valence-electron chi connectivity index (χ4n) is 4.28. The number of aromatic amines is 1. The maximum absolute atomic E-state index is 15.6. The van der Waals surface area contributed by atoms with Crippen molar-refractivity contribution >= 4 is 29.3 Å². The molecule has 0 spiro atoms. The number of aliphatic hydroxyl groups is 1. The van der Waals surface area contributed by atoms with Crippen molar-refractivity contribution in [3.05, 3.63) is 98.8 Å². The van der Waals surface area contributed by atoms with Crippen LogP contribution in [0.2, 0.25) is 0 Å². The van der Waals surface area contributed by atoms with E-state index in [1.165, 1.54) is 0 Å². The van der Waals surface area contributed by atoms with E-state index in [0.29, 0.717) is 6.42 Å². The molecule has 1 saturated heterocycles. The largest absolute Gasteiger partial charge is 0.405 e. The van der Waals surface area contributed by atoms with Gasteiger partial charge in [0.1, 0.15) is 12.2 Å². The predicted molar refractivity (Wildman–Crippen MR) is 167 cm³/mol. The second-order valence-electron chi connectivity index (χ2n) is 11.2. The zero-order chi connectivity index (χ0) is 31.3. The van der Waals surface area contributed by atoms with Gasteiger partial charge in [0.05, 0.1) is 13.2 Å². The number of nitrogens with one attached hydrogen (secondary N) is 2. The monoisotopic (exact) mass is 653 g/mol. The molecule has 1 aliphatic heterocycles. The summed E-state index contributed by atoms with van der Waals surface area (Å²) in [4.78, 5) is 26.9. The van der Waals surface area contributed by atoms with E-state index in [0.717, 1.165) is 39.8 Å². The van der Waals surface area contributed by atoms with E-state index in [1.807, 2.05) is 59.6 Å². The van der Waals surface area contributed by atoms with Gasteiger partial charge in [-0.1, -0.05) is 90.9 Å². The molecule has 10 nitrogen and oxygen atoms in total. The number of H-pyrrole nitrogens is 1. The summed E-state index contributed by atoms with van der Waals surface area (Å²) in [6.45, 7) is 7.22. The van der Waals surface area contributed by atoms with E-state index in [4.69, 9.17) is 13.8 Å². The average molecular weight is 654 g/mol. The zero-order valence-electron chi connectivity index (χ0n) is 24.4. The van der Waals surface area contributed by atoms with Gasteiger partial charge in [0, 0.05) is 28.5 Å². The highest BCUT2D eigenvalue weighted by Crippen LogP contribution is 2.47. The number of benzene rings is 2. The quantitative estimate of drug-likeness (QED) is 0.166. The Morgan fingerprint density at radius 1 is 1.12 bits per heavy atom. The molecule has 1 aromatic heterocycles. The number of ether oxygens (including phenoxy) is 1. The molecule has 2 heterocycles. The highest BCUT2D eigenvalue weighted by atomic mass is 33.1. The Balaban J connectivity index is 1.46. The topological polar surface area (TPSA) is 132 Å². The molecular weight excluding hydrogens is 616 g/mol. The number of alkyl halides is 1. The molecule has 1 unspecified atom stereocenters. The van der Waals surface area contributed by atoms with Crippen LogP contribution in [-0.2, 0) is 31.3 Å². The molecule has 0 radical (unpaired) electrons. The van der Waals surface area contributed by atoms with Crippen molar-refractivity contribution < 1.29 is 27.8 Å². The van der Waals surface area contributed by atoms with E-state index >= 15 is 4.39 Å². The molecule has 3 aromatic rings. The summed E-state index contributed by atoms with van der Waals surface area (Å²) in [7, 11) is -0.586. The van der Waals surface area contributed by atoms with Crippen LogP contribution in [0.1, 0.15) is 45.0 Å². The highest BCUT2D eigenvalue weighted by molar-refractivity contribution is 8.77. The molecule has 43 heavy (non-hydrogen) atoms. The van der Waals surface area contributed by atoms with Crippen molar-refractivity contribution in [2.45, 2.75) is 74.4 Å². The first-order valence-electron chi connectivity index (χ1n) is 13.7. The number of hydrogen-bond acceptors (Lipinski definition) is 9. The van der Waals surface area contributed by atoms with Gasteiger partial charge in [-0.15, -0.1) is 0 Å². The molecule has 3 N–H and O–H groups in total. The highest BCUT2D eigenvalue weighted by Gasteiger charge is 2.55. The van der Waals surface area contributed by atoms with Crippen molar-refractivity contribution in [1.82, 2.24) is 14.6 Å². The van der Waals surface area contributed by atoms with E-state index in [2.05, 4.69) is 25.9 Å². The van der Waals surface area contributed by atoms with Gasteiger partial charge in [0.15, 0.2) is 11.9 Å². The van der Waals surface area contributed by atoms with Crippen molar-refractivity contribution in [1.29, 1.82) is 0 Å². The summed E-state index contributed by atoms with van der Waals surface area (Å²) >= 11 is 0. The van der Waals surface area contributed by atoms with Gasteiger partial charge in [-0.2, -0.15) is 0 Å². The lowest BCUT2D eigenvalue weighted by atomic mass is 9.98. The van der Waals surface area contributed by atoms with Crippen LogP contribution in [0.5, 0.6) is 0 Å². The summed E-state index contributed by atoms with van der Waals surface area (Å²) in [5.41, 5.74) is -2.12. The Bertz CT molecular complexity index is 1530. The number of hydrogen-bond donors (Lipinski definition) is 3. The smallest absolute Gasteiger partial charge is 0.387 e. The average Bonchev–Trinajstić information content (AvgIpc) is 3.18. The van der Waals surface area contributed by atoms with Crippen LogP contribution in [0.4, 0.5) is 4.39 Å². The number of nitrogens with zero attached hydrogens (tertiary/aromatic N) is 1. The number of aliphatic hydroxyl groups excluding tert-OH is 1. The molecule has 0 saturated carbocycles. The molecular formula is C29H37FN3O7PS2. The third kappa shape index (κ3) is 9.15. The van der Waals surface area contributed by atoms with E-state index in [-0.39, 0.29) is 17.9 Å². The summed E-state index contributed by atoms with van der Waals surface area (Å²) in [5, 5.41) is 13.6. The van der Waals surface area contributed by atoms with Crippen LogP contribution < -0.4 is 16.3 Å². The predicted octanol–water partition coefficient (Wildman–Crippen LogP) is 5.24. The van der Waals surface area contributed by atoms with Crippen LogP contribution >= 0.6 is 29.3 Å². The molecule has 234 valence electrons. The fourth-order valence-corrected chi connectivity index (χ4v) is 7.85. The first kappa shape index (κ1) is 33.7. The van der Waals surface area contributed by atoms with Crippen molar-refractivity contribution in [3.63, 3.8) is 0 Å². The van der Waals surface area contributed by atoms with Gasteiger partial charge in [0.25, 0.3) is 5.56 Å². The second kappa shape index (κ2) is 14.3. The third-order valence-corrected chi connectivity index (χ3v) is 11.5. The molecule has 1 fully saturated rings. The van der Waals surface area contributed by atoms with Gasteiger partial charge in [-0.3, -0.25) is 23.4 Å². The van der Waals surface area contributed by atoms with Crippen LogP contribution in [-0.4, -0.2) is 50.5 Å². The second-order valence-corrected chi connectivity index (χ2v) is 16.0. The van der Waals surface area contributed by atoms with Crippen molar-refractivity contribution in [2.75, 3.05) is 13.2 Å². The summed E-state index contributed by atoms with van der Waals surface area (Å²) in [6.07, 6.45) is -3.04. The van der Waals surface area contributed by atoms with Crippen molar-refractivity contribution in [2.24, 2.45) is 0 Å². The van der Waals surface area contributed by atoms with E-state index < -0.39 is 49.7 Å². The van der Waals surface area contributed by atoms with E-state index in [1.54, 1.807) is 21.6 Å². The fraction of sp³-hybridized carbons (Fsp3) is 0.448. The van der Waals surface area contributed by atoms with Gasteiger partial charge in [-0.25, -0.2) is 18.8 Å². The van der Waals surface area contributed by atoms with Gasteiger partial charge in [0.2, 0.25) is 0 Å². The number of rotatable bonds is 13. The van der Waals surface area contributed by atoms with Crippen LogP contribution in [0.3, 0.4) is 0 Å². The lowest BCUT2D eigenvalue weighted by Gasteiger charge is -2.24. The normalized spacial score (nSPS) is 23.7. The molecule has 0 bridgehead atoms. The van der Waals surface area contributed by atoms with Gasteiger partial charge < -0.3 is 9.84 Å². The standard InChI is InChI=1S/C29H37FN3O7PS2/c1-28(2,3)43-42-23-13-9-8-12-21(23)15-17-38-41(37,31-18-20-10-6-5-7-11-20)39-19-22-25(35)29(4,30)26(40-22)33-16-14-24(34)32-27(33)36/h5-14,16,22,25-26,35H,15,17-19H2,1-4H3,(H,31,37)(H,32,34,36)/t22-,25-,26-,29-,41?/m1/s1. The van der Waals surface area contributed by atoms with Crippen molar-refractivity contribution in [3.8, 4) is 0 Å². The van der Waals surface area contributed by atoms with Crippen LogP contribution in [0.25, 0.3) is 0 Å². The summed E-state index contributed by atoms with van der Waals surface area (Å²) < 4.78 is 47.7. The molecule has 4 rings (SSSR count). The Hall–Kier alpha value is -2.22. The minimum absolute atomic E-state index is 0.0567. The molecule has 14 heteroatoms. The Kier molecular flexibility index (Phi) is 11.2. The SMILES string of the molecule is CC(C)(C)SSc1ccccc1CCOP(=O)(NCc1ccccc1)OC[C@H]1O[C@@H](n2ccc(=O)[nH]c2=O)[C@](C)(F)[C@@H]1O. The first-order valence-corrected chi connectivity index (χ1v) is 17.4. The Morgan fingerprint density at radius 3 is 2.51 bits per heavy atom. The molecule has 1 aliphatic rings. The first-order chi connectivity index (χ1) is 20.3. The third-order valence-electron chi connectivity index (χ3n) is 6.54. The van der Waals surface area contributed by atoms with E-state index in [9.17, 15) is 19.3 Å².